The predicted molar refractivity (Wildman–Crippen MR) is 82.3 cm³/mol. The maximum absolute atomic E-state index is 12.4. The first-order valence-electron chi connectivity index (χ1n) is 7.58. The molecule has 0 spiro atoms. The third-order valence-electron chi connectivity index (χ3n) is 4.49. The monoisotopic (exact) mass is 308 g/mol. The van der Waals surface area contributed by atoms with E-state index in [2.05, 4.69) is 4.90 Å². The van der Waals surface area contributed by atoms with Crippen LogP contribution in [0.5, 0.6) is 0 Å². The Balaban J connectivity index is 1.59. The molecule has 0 aromatic heterocycles. The van der Waals surface area contributed by atoms with Gasteiger partial charge in [0.15, 0.2) is 0 Å². The Morgan fingerprint density at radius 3 is 2.52 bits per heavy atom. The zero-order valence-corrected chi connectivity index (χ0v) is 12.8. The molecule has 0 unspecified atom stereocenters. The van der Waals surface area contributed by atoms with E-state index in [1.807, 2.05) is 12.1 Å². The van der Waals surface area contributed by atoms with Crippen molar-refractivity contribution < 1.29 is 9.90 Å². The van der Waals surface area contributed by atoms with E-state index >= 15 is 0 Å². The van der Waals surface area contributed by atoms with E-state index in [1.54, 1.807) is 17.0 Å². The van der Waals surface area contributed by atoms with Crippen molar-refractivity contribution in [2.45, 2.75) is 31.4 Å². The van der Waals surface area contributed by atoms with Crippen LogP contribution in [-0.2, 0) is 11.2 Å². The summed E-state index contributed by atoms with van der Waals surface area (Å²) in [5.41, 5.74) is 0.962. The summed E-state index contributed by atoms with van der Waals surface area (Å²) < 4.78 is 0. The number of carbonyl (C=O) groups is 1. The Bertz CT molecular complexity index is 500. The fourth-order valence-corrected chi connectivity index (χ4v) is 3.42. The first kappa shape index (κ1) is 14.8. The normalized spacial score (nSPS) is 26.5. The molecule has 2 aliphatic heterocycles. The minimum atomic E-state index is -0.419. The predicted octanol–water partition coefficient (Wildman–Crippen LogP) is 1.55. The number of aliphatic hydroxyl groups excluding tert-OH is 1. The largest absolute Gasteiger partial charge is 0.390 e. The summed E-state index contributed by atoms with van der Waals surface area (Å²) in [6.07, 6.45) is 2.35. The molecule has 2 atom stereocenters. The smallest absolute Gasteiger partial charge is 0.227 e. The highest BCUT2D eigenvalue weighted by atomic mass is 35.5. The number of β-amino-alcohol motifs (C(OH)–C–C–N with tert-alkyl or cyclic N) is 1. The average Bonchev–Trinajstić information content (AvgIpc) is 3.10. The highest BCUT2D eigenvalue weighted by Gasteiger charge is 2.38. The van der Waals surface area contributed by atoms with E-state index in [-0.39, 0.29) is 11.9 Å². The van der Waals surface area contributed by atoms with Crippen LogP contribution < -0.4 is 0 Å². The third kappa shape index (κ3) is 3.39. The minimum Gasteiger partial charge on any atom is -0.390 e. The summed E-state index contributed by atoms with van der Waals surface area (Å²) in [5.74, 6) is 0.0815. The Kier molecular flexibility index (Phi) is 4.48. The molecule has 1 amide bonds. The van der Waals surface area contributed by atoms with Crippen LogP contribution in [0.15, 0.2) is 24.3 Å². The highest BCUT2D eigenvalue weighted by molar-refractivity contribution is 6.30. The number of amides is 1. The molecule has 2 saturated heterocycles. The van der Waals surface area contributed by atoms with Crippen molar-refractivity contribution in [1.82, 2.24) is 9.80 Å². The first-order valence-corrected chi connectivity index (χ1v) is 7.95. The number of nitrogens with zero attached hydrogens (tertiary/aromatic N) is 2. The number of aliphatic hydroxyl groups is 1. The lowest BCUT2D eigenvalue weighted by Gasteiger charge is -2.25. The van der Waals surface area contributed by atoms with Crippen LogP contribution >= 0.6 is 11.6 Å². The Morgan fingerprint density at radius 2 is 1.86 bits per heavy atom. The van der Waals surface area contributed by atoms with Crippen molar-refractivity contribution >= 4 is 17.5 Å². The van der Waals surface area contributed by atoms with Gasteiger partial charge in [0.05, 0.1) is 18.6 Å². The Hall–Kier alpha value is -1.10. The van der Waals surface area contributed by atoms with Crippen molar-refractivity contribution in [2.24, 2.45) is 0 Å². The SMILES string of the molecule is O=C(Cc1ccc(Cl)cc1)N1C[C@H](O)[C@@H](N2CCCC2)C1. The number of likely N-dealkylation sites (tertiary alicyclic amines) is 2. The van der Waals surface area contributed by atoms with Crippen molar-refractivity contribution in [1.29, 1.82) is 0 Å². The molecule has 1 aromatic carbocycles. The molecule has 3 rings (SSSR count). The molecule has 2 fully saturated rings. The molecule has 0 aliphatic carbocycles. The molecular formula is C16H21ClN2O2. The minimum absolute atomic E-state index is 0.0815. The van der Waals surface area contributed by atoms with Gasteiger partial charge in [0.1, 0.15) is 0 Å². The lowest BCUT2D eigenvalue weighted by molar-refractivity contribution is -0.129. The average molecular weight is 309 g/mol. The van der Waals surface area contributed by atoms with Crippen LogP contribution in [-0.4, -0.2) is 59.1 Å². The van der Waals surface area contributed by atoms with Crippen LogP contribution in [0.4, 0.5) is 0 Å². The van der Waals surface area contributed by atoms with Crippen LogP contribution in [0.2, 0.25) is 5.02 Å². The summed E-state index contributed by atoms with van der Waals surface area (Å²) in [6.45, 7) is 3.18. The van der Waals surface area contributed by atoms with Crippen LogP contribution in [0, 0.1) is 0 Å². The summed E-state index contributed by atoms with van der Waals surface area (Å²) in [6, 6.07) is 7.48. The number of hydrogen-bond acceptors (Lipinski definition) is 3. The molecule has 2 aliphatic rings. The van der Waals surface area contributed by atoms with Gasteiger partial charge in [-0.3, -0.25) is 9.69 Å². The van der Waals surface area contributed by atoms with Gasteiger partial charge in [-0.1, -0.05) is 23.7 Å². The fourth-order valence-electron chi connectivity index (χ4n) is 3.29. The topological polar surface area (TPSA) is 43.8 Å². The van der Waals surface area contributed by atoms with Crippen molar-refractivity contribution in [3.05, 3.63) is 34.9 Å². The van der Waals surface area contributed by atoms with Gasteiger partial charge in [-0.25, -0.2) is 0 Å². The molecule has 5 heteroatoms. The van der Waals surface area contributed by atoms with Gasteiger partial charge in [0, 0.05) is 18.1 Å². The van der Waals surface area contributed by atoms with Crippen molar-refractivity contribution in [3.63, 3.8) is 0 Å². The second-order valence-corrected chi connectivity index (χ2v) is 6.42. The maximum atomic E-state index is 12.4. The first-order chi connectivity index (χ1) is 10.1. The van der Waals surface area contributed by atoms with Gasteiger partial charge >= 0.3 is 0 Å². The fraction of sp³-hybridized carbons (Fsp3) is 0.562. The van der Waals surface area contributed by atoms with E-state index in [0.29, 0.717) is 24.5 Å². The van der Waals surface area contributed by atoms with E-state index in [1.165, 1.54) is 12.8 Å². The van der Waals surface area contributed by atoms with Gasteiger partial charge in [-0.05, 0) is 43.6 Å². The Morgan fingerprint density at radius 1 is 1.19 bits per heavy atom. The van der Waals surface area contributed by atoms with Crippen LogP contribution in [0.3, 0.4) is 0 Å². The second-order valence-electron chi connectivity index (χ2n) is 5.98. The summed E-state index contributed by atoms with van der Waals surface area (Å²) in [5, 5.41) is 10.9. The zero-order chi connectivity index (χ0) is 14.8. The number of benzene rings is 1. The van der Waals surface area contributed by atoms with Gasteiger partial charge in [0.25, 0.3) is 0 Å². The molecule has 4 nitrogen and oxygen atoms in total. The summed E-state index contributed by atoms with van der Waals surface area (Å²) in [7, 11) is 0. The van der Waals surface area contributed by atoms with Crippen LogP contribution in [0.1, 0.15) is 18.4 Å². The van der Waals surface area contributed by atoms with Crippen molar-refractivity contribution in [2.75, 3.05) is 26.2 Å². The van der Waals surface area contributed by atoms with E-state index in [4.69, 9.17) is 11.6 Å². The van der Waals surface area contributed by atoms with Gasteiger partial charge in [-0.2, -0.15) is 0 Å². The van der Waals surface area contributed by atoms with E-state index in [9.17, 15) is 9.90 Å². The third-order valence-corrected chi connectivity index (χ3v) is 4.74. The molecule has 1 aromatic rings. The highest BCUT2D eigenvalue weighted by Crippen LogP contribution is 2.22. The molecule has 0 radical (unpaired) electrons. The zero-order valence-electron chi connectivity index (χ0n) is 12.0. The molecule has 21 heavy (non-hydrogen) atoms. The lowest BCUT2D eigenvalue weighted by Crippen LogP contribution is -2.41. The summed E-state index contributed by atoms with van der Waals surface area (Å²) in [4.78, 5) is 16.5. The number of halogens is 1. The van der Waals surface area contributed by atoms with Crippen molar-refractivity contribution in [3.8, 4) is 0 Å². The molecule has 0 bridgehead atoms. The van der Waals surface area contributed by atoms with Gasteiger partial charge in [-0.15, -0.1) is 0 Å². The van der Waals surface area contributed by atoms with Crippen LogP contribution in [0.25, 0.3) is 0 Å². The molecule has 114 valence electrons. The van der Waals surface area contributed by atoms with E-state index in [0.717, 1.165) is 18.7 Å². The quantitative estimate of drug-likeness (QED) is 0.921. The maximum Gasteiger partial charge on any atom is 0.227 e. The molecular weight excluding hydrogens is 288 g/mol. The van der Waals surface area contributed by atoms with Gasteiger partial charge < -0.3 is 10.0 Å². The lowest BCUT2D eigenvalue weighted by atomic mass is 10.1. The Labute approximate surface area is 130 Å². The molecule has 1 N–H and O–H groups in total. The van der Waals surface area contributed by atoms with Gasteiger partial charge in [0.2, 0.25) is 5.91 Å². The number of carbonyl (C=O) groups excluding carboxylic acids is 1. The second kappa shape index (κ2) is 6.34. The standard InChI is InChI=1S/C16H21ClN2O2/c17-13-5-3-12(4-6-13)9-16(21)19-10-14(15(20)11-19)18-7-1-2-8-18/h3-6,14-15,20H,1-2,7-11H2/t14-,15-/m0/s1. The summed E-state index contributed by atoms with van der Waals surface area (Å²) >= 11 is 5.85. The molecule has 0 saturated carbocycles. The van der Waals surface area contributed by atoms with E-state index < -0.39 is 6.10 Å². The number of hydrogen-bond donors (Lipinski definition) is 1. The molecule has 2 heterocycles. The number of rotatable bonds is 3.